The van der Waals surface area contributed by atoms with E-state index in [-0.39, 0.29) is 24.8 Å². The Morgan fingerprint density at radius 1 is 1.04 bits per heavy atom. The van der Waals surface area contributed by atoms with Crippen LogP contribution < -0.4 is 5.32 Å². The predicted molar refractivity (Wildman–Crippen MR) is 85.1 cm³/mol. The lowest BCUT2D eigenvalue weighted by atomic mass is 10.2. The van der Waals surface area contributed by atoms with Crippen molar-refractivity contribution in [3.63, 3.8) is 0 Å². The molecule has 0 radical (unpaired) electrons. The quantitative estimate of drug-likeness (QED) is 0.704. The van der Waals surface area contributed by atoms with E-state index in [1.807, 2.05) is 20.8 Å². The Balaban J connectivity index is 2.30. The molecule has 23 heavy (non-hydrogen) atoms. The summed E-state index contributed by atoms with van der Waals surface area (Å²) in [4.78, 5) is 27.4. The third-order valence-electron chi connectivity index (χ3n) is 3.40. The highest BCUT2D eigenvalue weighted by atomic mass is 16.7. The molecule has 0 atom stereocenters. The molecule has 1 heterocycles. The lowest BCUT2D eigenvalue weighted by Crippen LogP contribution is -2.53. The van der Waals surface area contributed by atoms with Crippen LogP contribution in [0.15, 0.2) is 0 Å². The van der Waals surface area contributed by atoms with E-state index in [0.717, 1.165) is 0 Å². The van der Waals surface area contributed by atoms with Gasteiger partial charge >= 0.3 is 6.09 Å². The average Bonchev–Trinajstić information content (AvgIpc) is 2.50. The number of rotatable bonds is 6. The Hall–Kier alpha value is -1.38. The summed E-state index contributed by atoms with van der Waals surface area (Å²) in [6, 6.07) is 0. The maximum Gasteiger partial charge on any atom is 0.410 e. The number of hydrogen-bond donors (Lipinski definition) is 1. The van der Waals surface area contributed by atoms with E-state index >= 15 is 0 Å². The summed E-state index contributed by atoms with van der Waals surface area (Å²) in [5, 5.41) is 3.00. The third kappa shape index (κ3) is 7.15. The first-order chi connectivity index (χ1) is 10.8. The molecule has 8 heteroatoms. The van der Waals surface area contributed by atoms with Gasteiger partial charge in [-0.2, -0.15) is 0 Å². The van der Waals surface area contributed by atoms with Crippen molar-refractivity contribution in [1.29, 1.82) is 0 Å². The van der Waals surface area contributed by atoms with Crippen LogP contribution in [0.1, 0.15) is 20.8 Å². The van der Waals surface area contributed by atoms with Gasteiger partial charge in [0.05, 0.1) is 6.54 Å². The van der Waals surface area contributed by atoms with Crippen molar-refractivity contribution >= 4 is 12.0 Å². The fourth-order valence-electron chi connectivity index (χ4n) is 2.14. The Morgan fingerprint density at radius 2 is 1.57 bits per heavy atom. The molecule has 0 aromatic rings. The number of ether oxygens (including phenoxy) is 3. The molecule has 0 aromatic heterocycles. The van der Waals surface area contributed by atoms with Gasteiger partial charge < -0.3 is 29.3 Å². The minimum atomic E-state index is -0.507. The van der Waals surface area contributed by atoms with Gasteiger partial charge in [-0.25, -0.2) is 4.79 Å². The number of carbonyl (C=O) groups is 2. The maximum absolute atomic E-state index is 12.1. The predicted octanol–water partition coefficient (Wildman–Crippen LogP) is 0.274. The van der Waals surface area contributed by atoms with Gasteiger partial charge in [0.1, 0.15) is 5.60 Å². The van der Waals surface area contributed by atoms with Crippen molar-refractivity contribution in [2.75, 3.05) is 53.5 Å². The fraction of sp³-hybridized carbons (Fsp3) is 0.867. The molecular weight excluding hydrogens is 302 g/mol. The first kappa shape index (κ1) is 19.7. The molecule has 2 amide bonds. The van der Waals surface area contributed by atoms with Gasteiger partial charge in [-0.3, -0.25) is 4.79 Å². The molecule has 1 rings (SSSR count). The summed E-state index contributed by atoms with van der Waals surface area (Å²) in [5.74, 6) is -0.000190. The number of nitrogens with one attached hydrogen (secondary N) is 1. The van der Waals surface area contributed by atoms with Gasteiger partial charge in [-0.15, -0.1) is 0 Å². The summed E-state index contributed by atoms with van der Waals surface area (Å²) in [6.45, 7) is 8.16. The average molecular weight is 331 g/mol. The minimum absolute atomic E-state index is 0.000190. The minimum Gasteiger partial charge on any atom is -0.444 e. The van der Waals surface area contributed by atoms with Crippen LogP contribution in [0.2, 0.25) is 0 Å². The van der Waals surface area contributed by atoms with E-state index in [1.54, 1.807) is 24.0 Å². The van der Waals surface area contributed by atoms with Crippen LogP contribution in [-0.4, -0.2) is 87.2 Å². The molecule has 0 saturated carbocycles. The molecule has 8 nitrogen and oxygen atoms in total. The highest BCUT2D eigenvalue weighted by Crippen LogP contribution is 2.11. The largest absolute Gasteiger partial charge is 0.444 e. The number of hydrogen-bond acceptors (Lipinski definition) is 6. The molecular formula is C15H29N3O5. The highest BCUT2D eigenvalue weighted by Gasteiger charge is 2.27. The molecule has 1 aliphatic rings. The van der Waals surface area contributed by atoms with Crippen molar-refractivity contribution in [1.82, 2.24) is 15.1 Å². The topological polar surface area (TPSA) is 80.3 Å². The lowest BCUT2D eigenvalue weighted by molar-refractivity contribution is -0.132. The molecule has 1 aliphatic heterocycles. The van der Waals surface area contributed by atoms with E-state index in [2.05, 4.69) is 5.32 Å². The highest BCUT2D eigenvalue weighted by molar-refractivity contribution is 5.78. The Bertz CT molecular complexity index is 385. The second-order valence-electron chi connectivity index (χ2n) is 6.38. The number of amides is 2. The first-order valence-corrected chi connectivity index (χ1v) is 7.79. The summed E-state index contributed by atoms with van der Waals surface area (Å²) in [5.41, 5.74) is -0.507. The van der Waals surface area contributed by atoms with Crippen molar-refractivity contribution in [2.24, 2.45) is 0 Å². The smallest absolute Gasteiger partial charge is 0.410 e. The molecule has 1 N–H and O–H groups in total. The third-order valence-corrected chi connectivity index (χ3v) is 3.40. The maximum atomic E-state index is 12.1. The SMILES string of the molecule is COC(CNCC(=O)N1CCN(C(=O)OC(C)(C)C)CC1)OC. The summed E-state index contributed by atoms with van der Waals surface area (Å²) in [7, 11) is 3.10. The van der Waals surface area contributed by atoms with E-state index in [1.165, 1.54) is 0 Å². The Kier molecular flexibility index (Phi) is 7.74. The van der Waals surface area contributed by atoms with Crippen molar-refractivity contribution < 1.29 is 23.8 Å². The molecule has 0 bridgehead atoms. The van der Waals surface area contributed by atoms with Gasteiger partial charge in [0.15, 0.2) is 6.29 Å². The van der Waals surface area contributed by atoms with Crippen molar-refractivity contribution in [2.45, 2.75) is 32.7 Å². The molecule has 0 aromatic carbocycles. The van der Waals surface area contributed by atoms with Crippen LogP contribution in [0, 0.1) is 0 Å². The Labute approximate surface area is 138 Å². The van der Waals surface area contributed by atoms with Gasteiger partial charge in [0.25, 0.3) is 0 Å². The second-order valence-corrected chi connectivity index (χ2v) is 6.38. The van der Waals surface area contributed by atoms with Crippen molar-refractivity contribution in [3.8, 4) is 0 Å². The molecule has 134 valence electrons. The molecule has 0 aliphatic carbocycles. The summed E-state index contributed by atoms with van der Waals surface area (Å²) >= 11 is 0. The number of nitrogens with zero attached hydrogens (tertiary/aromatic N) is 2. The number of methoxy groups -OCH3 is 2. The summed E-state index contributed by atoms with van der Waals surface area (Å²) in [6.07, 6.45) is -0.697. The van der Waals surface area contributed by atoms with Gasteiger partial charge in [-0.05, 0) is 20.8 Å². The zero-order valence-electron chi connectivity index (χ0n) is 14.8. The monoisotopic (exact) mass is 331 g/mol. The van der Waals surface area contributed by atoms with Crippen molar-refractivity contribution in [3.05, 3.63) is 0 Å². The number of carbonyl (C=O) groups excluding carboxylic acids is 2. The molecule has 1 fully saturated rings. The standard InChI is InChI=1S/C15H29N3O5/c1-15(2,3)23-14(20)18-8-6-17(7-9-18)12(19)10-16-11-13(21-4)22-5/h13,16H,6-11H2,1-5H3. The lowest BCUT2D eigenvalue weighted by Gasteiger charge is -2.35. The first-order valence-electron chi connectivity index (χ1n) is 7.79. The zero-order chi connectivity index (χ0) is 17.5. The Morgan fingerprint density at radius 3 is 2.04 bits per heavy atom. The summed E-state index contributed by atoms with van der Waals surface area (Å²) < 4.78 is 15.4. The molecule has 0 spiro atoms. The van der Waals surface area contributed by atoms with Crippen LogP contribution in [0.25, 0.3) is 0 Å². The van der Waals surface area contributed by atoms with Crippen LogP contribution in [0.5, 0.6) is 0 Å². The van der Waals surface area contributed by atoms with Gasteiger partial charge in [0, 0.05) is 46.9 Å². The van der Waals surface area contributed by atoms with Gasteiger partial charge in [0.2, 0.25) is 5.91 Å². The fourth-order valence-corrected chi connectivity index (χ4v) is 2.14. The van der Waals surface area contributed by atoms with Crippen LogP contribution >= 0.6 is 0 Å². The molecule has 0 unspecified atom stereocenters. The zero-order valence-corrected chi connectivity index (χ0v) is 14.8. The van der Waals surface area contributed by atoms with E-state index < -0.39 is 5.60 Å². The van der Waals surface area contributed by atoms with E-state index in [4.69, 9.17) is 14.2 Å². The normalized spacial score (nSPS) is 15.9. The molecule has 1 saturated heterocycles. The van der Waals surface area contributed by atoms with E-state index in [9.17, 15) is 9.59 Å². The van der Waals surface area contributed by atoms with Gasteiger partial charge in [-0.1, -0.05) is 0 Å². The number of piperazine rings is 1. The van der Waals surface area contributed by atoms with Crippen LogP contribution in [-0.2, 0) is 19.0 Å². The second kappa shape index (κ2) is 9.05. The van der Waals surface area contributed by atoms with Crippen LogP contribution in [0.4, 0.5) is 4.79 Å². The van der Waals surface area contributed by atoms with E-state index in [0.29, 0.717) is 32.7 Å². The van der Waals surface area contributed by atoms with Crippen LogP contribution in [0.3, 0.4) is 0 Å².